The highest BCUT2D eigenvalue weighted by Crippen LogP contribution is 2.23. The third-order valence-corrected chi connectivity index (χ3v) is 4.47. The Kier molecular flexibility index (Phi) is 32.4. The zero-order chi connectivity index (χ0) is 30.4. The van der Waals surface area contributed by atoms with Gasteiger partial charge in [-0.15, -0.1) is 19.3 Å². The van der Waals surface area contributed by atoms with E-state index in [1.807, 2.05) is 27.7 Å². The van der Waals surface area contributed by atoms with E-state index in [-0.39, 0.29) is 31.8 Å². The Hall–Kier alpha value is -2.03. The van der Waals surface area contributed by atoms with Crippen LogP contribution in [0.15, 0.2) is 0 Å². The molecule has 0 rings (SSSR count). The molecule has 0 aliphatic heterocycles. The third-order valence-electron chi connectivity index (χ3n) is 4.47. The number of rotatable bonds is 21. The number of alkyl halides is 2. The van der Waals surface area contributed by atoms with Crippen LogP contribution in [0.2, 0.25) is 0 Å². The molecule has 39 heavy (non-hydrogen) atoms. The lowest BCUT2D eigenvalue weighted by molar-refractivity contribution is -0.122. The van der Waals surface area contributed by atoms with Gasteiger partial charge in [-0.05, 0) is 20.3 Å². The van der Waals surface area contributed by atoms with Crippen molar-refractivity contribution in [3.8, 4) is 37.0 Å². The Morgan fingerprint density at radius 3 is 1.54 bits per heavy atom. The van der Waals surface area contributed by atoms with Crippen LogP contribution in [0.5, 0.6) is 0 Å². The summed E-state index contributed by atoms with van der Waals surface area (Å²) in [6, 6.07) is 0. The monoisotopic (exact) mass is 560 g/mol. The van der Waals surface area contributed by atoms with Crippen LogP contribution >= 0.6 is 0 Å². The highest BCUT2D eigenvalue weighted by molar-refractivity contribution is 5.80. The molecule has 0 saturated heterocycles. The molecule has 0 aromatic carbocycles. The zero-order valence-electron chi connectivity index (χ0n) is 24.8. The molecule has 0 heterocycles. The predicted octanol–water partition coefficient (Wildman–Crippen LogP) is 4.66. The van der Waals surface area contributed by atoms with E-state index in [2.05, 4.69) is 17.8 Å². The lowest BCUT2D eigenvalue weighted by atomic mass is 10.1. The summed E-state index contributed by atoms with van der Waals surface area (Å²) < 4.78 is 55.9. The quantitative estimate of drug-likeness (QED) is 0.149. The van der Waals surface area contributed by atoms with Gasteiger partial charge in [0.1, 0.15) is 32.2 Å². The molecule has 0 aromatic rings. The fourth-order valence-electron chi connectivity index (χ4n) is 2.09. The highest BCUT2D eigenvalue weighted by atomic mass is 19.3. The van der Waals surface area contributed by atoms with Gasteiger partial charge >= 0.3 is 0 Å². The number of Topliss-reactive ketones (excluding diaryl/α,β-unsaturated/α-hetero) is 1. The first-order valence-electron chi connectivity index (χ1n) is 13.2. The van der Waals surface area contributed by atoms with Gasteiger partial charge in [0.15, 0.2) is 0 Å². The van der Waals surface area contributed by atoms with E-state index in [1.165, 1.54) is 13.8 Å². The van der Waals surface area contributed by atoms with Crippen molar-refractivity contribution in [2.75, 3.05) is 72.7 Å². The number of halogens is 2. The van der Waals surface area contributed by atoms with E-state index in [4.69, 9.17) is 47.7 Å². The number of hydrogen-bond acceptors (Lipinski definition) is 7. The first-order valence-corrected chi connectivity index (χ1v) is 13.2. The van der Waals surface area contributed by atoms with Crippen LogP contribution in [-0.4, -0.2) is 90.5 Å². The molecule has 0 aromatic heterocycles. The van der Waals surface area contributed by atoms with Gasteiger partial charge < -0.3 is 28.4 Å². The number of ketones is 1. The van der Waals surface area contributed by atoms with Crippen molar-refractivity contribution in [2.24, 2.45) is 11.8 Å². The molecule has 0 unspecified atom stereocenters. The molecule has 0 radical (unpaired) electrons. The fraction of sp³-hybridized carbons (Fsp3) is 0.767. The summed E-state index contributed by atoms with van der Waals surface area (Å²) in [5, 5.41) is 0. The van der Waals surface area contributed by atoms with E-state index in [0.29, 0.717) is 58.5 Å². The van der Waals surface area contributed by atoms with Crippen molar-refractivity contribution in [1.82, 2.24) is 0 Å². The molecule has 0 saturated carbocycles. The maximum absolute atomic E-state index is 12.9. The molecule has 0 N–H and O–H groups in total. The van der Waals surface area contributed by atoms with Crippen LogP contribution in [0.25, 0.3) is 0 Å². The topological polar surface area (TPSA) is 72.5 Å². The van der Waals surface area contributed by atoms with Gasteiger partial charge in [-0.1, -0.05) is 45.5 Å². The molecule has 0 atom stereocenters. The Labute approximate surface area is 236 Å². The normalized spacial score (nSPS) is 10.7. The fourth-order valence-corrected chi connectivity index (χ4v) is 2.09. The number of carbonyl (C=O) groups is 1. The van der Waals surface area contributed by atoms with Gasteiger partial charge in [0.2, 0.25) is 0 Å². The third kappa shape index (κ3) is 36.0. The molecule has 0 bridgehead atoms. The Bertz CT molecular complexity index is 674. The zero-order valence-corrected chi connectivity index (χ0v) is 24.8. The maximum Gasteiger partial charge on any atom is 0.273 e. The number of terminal acetylenes is 3. The molecule has 0 aliphatic rings. The van der Waals surface area contributed by atoms with Gasteiger partial charge in [0.25, 0.3) is 5.92 Å². The lowest BCUT2D eigenvalue weighted by Crippen LogP contribution is -2.30. The maximum atomic E-state index is 12.9. The van der Waals surface area contributed by atoms with Crippen LogP contribution in [-0.2, 0) is 33.2 Å². The van der Waals surface area contributed by atoms with Crippen LogP contribution < -0.4 is 0 Å². The summed E-state index contributed by atoms with van der Waals surface area (Å²) in [6.07, 6.45) is 16.5. The molecule has 9 heteroatoms. The van der Waals surface area contributed by atoms with Crippen LogP contribution in [0.1, 0.15) is 54.4 Å². The average Bonchev–Trinajstić information content (AvgIpc) is 2.88. The number of carbonyl (C=O) groups excluding carboxylic acids is 1. The van der Waals surface area contributed by atoms with E-state index in [9.17, 15) is 13.6 Å². The summed E-state index contributed by atoms with van der Waals surface area (Å²) in [7, 11) is 0. The first-order chi connectivity index (χ1) is 18.5. The predicted molar refractivity (Wildman–Crippen MR) is 151 cm³/mol. The minimum Gasteiger partial charge on any atom is -0.379 e. The molecule has 0 fully saturated rings. The SMILES string of the molecule is C#CCOCCOC(C)C.C#CCOCCOCC(F)(F)C(C)C.C#CCOCCOCCCC(=O)C(C)C. The van der Waals surface area contributed by atoms with Crippen molar-refractivity contribution in [1.29, 1.82) is 0 Å². The molecule has 0 amide bonds. The van der Waals surface area contributed by atoms with Crippen molar-refractivity contribution < 1.29 is 42.0 Å². The molecule has 7 nitrogen and oxygen atoms in total. The standard InChI is InChI=1S/C12H20O3.C10H16F2O2.C8H14O2/c1-4-7-14-9-10-15-8-5-6-12(13)11(2)3;1-4-5-13-6-7-14-8-10(11,12)9(2)3;1-4-5-9-6-7-10-8(2)3/h1,11H,5-10H2,2-3H3;1,9H,5-8H2,2-3H3;1,8H,5-7H2,2-3H3. The largest absolute Gasteiger partial charge is 0.379 e. The molecular formula is C30H50F2O7. The van der Waals surface area contributed by atoms with Crippen molar-refractivity contribution in [2.45, 2.75) is 66.4 Å². The number of ether oxygens (including phenoxy) is 6. The second kappa shape index (κ2) is 30.5. The average molecular weight is 561 g/mol. The van der Waals surface area contributed by atoms with Crippen LogP contribution in [0.3, 0.4) is 0 Å². The number of hydrogen-bond donors (Lipinski definition) is 0. The van der Waals surface area contributed by atoms with E-state index >= 15 is 0 Å². The Balaban J connectivity index is -0.000000509. The van der Waals surface area contributed by atoms with Crippen molar-refractivity contribution in [3.05, 3.63) is 0 Å². The smallest absolute Gasteiger partial charge is 0.273 e. The lowest BCUT2D eigenvalue weighted by Gasteiger charge is -2.19. The van der Waals surface area contributed by atoms with E-state index in [1.54, 1.807) is 0 Å². The second-order valence-electron chi connectivity index (χ2n) is 8.99. The minimum atomic E-state index is -2.77. The molecular weight excluding hydrogens is 510 g/mol. The van der Waals surface area contributed by atoms with Gasteiger partial charge in [-0.25, -0.2) is 8.78 Å². The van der Waals surface area contributed by atoms with Gasteiger partial charge in [-0.3, -0.25) is 4.79 Å². The minimum absolute atomic E-state index is 0.129. The summed E-state index contributed by atoms with van der Waals surface area (Å²) in [5.74, 6) is 3.96. The van der Waals surface area contributed by atoms with Gasteiger partial charge in [0, 0.05) is 24.9 Å². The Morgan fingerprint density at radius 2 is 1.13 bits per heavy atom. The second-order valence-corrected chi connectivity index (χ2v) is 8.99. The summed E-state index contributed by atoms with van der Waals surface area (Å²) >= 11 is 0. The molecule has 0 aliphatic carbocycles. The van der Waals surface area contributed by atoms with Crippen molar-refractivity contribution in [3.63, 3.8) is 0 Å². The van der Waals surface area contributed by atoms with E-state index < -0.39 is 18.4 Å². The molecule has 226 valence electrons. The van der Waals surface area contributed by atoms with E-state index in [0.717, 1.165) is 6.42 Å². The van der Waals surface area contributed by atoms with Crippen LogP contribution in [0, 0.1) is 48.9 Å². The Morgan fingerprint density at radius 1 is 0.692 bits per heavy atom. The summed E-state index contributed by atoms with van der Waals surface area (Å²) in [4.78, 5) is 11.2. The van der Waals surface area contributed by atoms with Crippen LogP contribution in [0.4, 0.5) is 8.78 Å². The van der Waals surface area contributed by atoms with Crippen molar-refractivity contribution >= 4 is 5.78 Å². The van der Waals surface area contributed by atoms with Gasteiger partial charge in [-0.2, -0.15) is 0 Å². The molecule has 0 spiro atoms. The summed E-state index contributed by atoms with van der Waals surface area (Å²) in [6.45, 7) is 14.3. The first kappa shape index (κ1) is 41.5. The highest BCUT2D eigenvalue weighted by Gasteiger charge is 2.33. The summed E-state index contributed by atoms with van der Waals surface area (Å²) in [5.41, 5.74) is 0. The van der Waals surface area contributed by atoms with Gasteiger partial charge in [0.05, 0.1) is 45.7 Å².